The average Bonchev–Trinajstić information content (AvgIpc) is 3.18. The van der Waals surface area contributed by atoms with Crippen molar-refractivity contribution in [3.63, 3.8) is 0 Å². The van der Waals surface area contributed by atoms with Crippen molar-refractivity contribution < 1.29 is 18.7 Å². The Morgan fingerprint density at radius 3 is 2.96 bits per heavy atom. The molecule has 1 saturated heterocycles. The van der Waals surface area contributed by atoms with Gasteiger partial charge in [0.2, 0.25) is 5.91 Å². The molecule has 1 aliphatic rings. The zero-order valence-electron chi connectivity index (χ0n) is 13.0. The number of aryl methyl sites for hydroxylation is 1. The lowest BCUT2D eigenvalue weighted by Crippen LogP contribution is -2.39. The molecular weight excluding hydrogens is 318 g/mol. The van der Waals surface area contributed by atoms with E-state index in [-0.39, 0.29) is 37.4 Å². The Bertz CT molecular complexity index is 723. The SMILES string of the molecule is O=C(CCc1cccc(F)c1F)N1CCC(O)(Cn2ccnn2)C1. The molecule has 1 N–H and O–H groups in total. The molecule has 8 heteroatoms. The number of carbonyl (C=O) groups excluding carboxylic acids is 1. The summed E-state index contributed by atoms with van der Waals surface area (Å²) in [6, 6.07) is 3.94. The van der Waals surface area contributed by atoms with Gasteiger partial charge in [0, 0.05) is 19.2 Å². The first-order chi connectivity index (χ1) is 11.5. The van der Waals surface area contributed by atoms with Crippen molar-refractivity contribution in [3.8, 4) is 0 Å². The third kappa shape index (κ3) is 3.59. The van der Waals surface area contributed by atoms with Crippen LogP contribution < -0.4 is 0 Å². The number of likely N-dealkylation sites (tertiary alicyclic amines) is 1. The van der Waals surface area contributed by atoms with Crippen molar-refractivity contribution in [1.82, 2.24) is 19.9 Å². The number of hydrogen-bond donors (Lipinski definition) is 1. The van der Waals surface area contributed by atoms with Crippen LogP contribution in [-0.2, 0) is 17.8 Å². The maximum atomic E-state index is 13.6. The Morgan fingerprint density at radius 1 is 1.38 bits per heavy atom. The third-order valence-electron chi connectivity index (χ3n) is 4.25. The lowest BCUT2D eigenvalue weighted by atomic mass is 10.0. The molecule has 1 atom stereocenters. The van der Waals surface area contributed by atoms with E-state index in [1.165, 1.54) is 23.0 Å². The number of hydrogen-bond acceptors (Lipinski definition) is 4. The number of nitrogens with zero attached hydrogens (tertiary/aromatic N) is 4. The van der Waals surface area contributed by atoms with E-state index in [2.05, 4.69) is 10.3 Å². The first-order valence-electron chi connectivity index (χ1n) is 7.74. The molecule has 0 saturated carbocycles. The fourth-order valence-corrected chi connectivity index (χ4v) is 2.96. The van der Waals surface area contributed by atoms with E-state index >= 15 is 0 Å². The van der Waals surface area contributed by atoms with Gasteiger partial charge in [-0.25, -0.2) is 13.5 Å². The largest absolute Gasteiger partial charge is 0.386 e. The van der Waals surface area contributed by atoms with Crippen molar-refractivity contribution in [2.75, 3.05) is 13.1 Å². The summed E-state index contributed by atoms with van der Waals surface area (Å²) >= 11 is 0. The molecule has 1 aliphatic heterocycles. The van der Waals surface area contributed by atoms with Crippen molar-refractivity contribution in [2.24, 2.45) is 0 Å². The van der Waals surface area contributed by atoms with Gasteiger partial charge >= 0.3 is 0 Å². The van der Waals surface area contributed by atoms with Crippen LogP contribution in [0.15, 0.2) is 30.6 Å². The van der Waals surface area contributed by atoms with Crippen LogP contribution in [0.5, 0.6) is 0 Å². The molecule has 0 spiro atoms. The second-order valence-electron chi connectivity index (χ2n) is 6.10. The summed E-state index contributed by atoms with van der Waals surface area (Å²) in [7, 11) is 0. The number of halogens is 2. The van der Waals surface area contributed by atoms with E-state index in [0.29, 0.717) is 13.0 Å². The van der Waals surface area contributed by atoms with Crippen molar-refractivity contribution >= 4 is 5.91 Å². The third-order valence-corrected chi connectivity index (χ3v) is 4.25. The van der Waals surface area contributed by atoms with Crippen LogP contribution in [0.1, 0.15) is 18.4 Å². The van der Waals surface area contributed by atoms with Crippen LogP contribution in [0.25, 0.3) is 0 Å². The zero-order valence-corrected chi connectivity index (χ0v) is 13.0. The van der Waals surface area contributed by atoms with Crippen molar-refractivity contribution in [1.29, 1.82) is 0 Å². The van der Waals surface area contributed by atoms with Gasteiger partial charge in [-0.3, -0.25) is 4.79 Å². The summed E-state index contributed by atoms with van der Waals surface area (Å²) in [4.78, 5) is 13.8. The molecule has 1 amide bonds. The quantitative estimate of drug-likeness (QED) is 0.889. The van der Waals surface area contributed by atoms with E-state index < -0.39 is 17.2 Å². The van der Waals surface area contributed by atoms with E-state index in [9.17, 15) is 18.7 Å². The molecule has 1 aromatic heterocycles. The second kappa shape index (κ2) is 6.64. The first-order valence-corrected chi connectivity index (χ1v) is 7.74. The molecule has 1 unspecified atom stereocenters. The Kier molecular flexibility index (Phi) is 4.57. The normalized spacial score (nSPS) is 20.5. The van der Waals surface area contributed by atoms with E-state index in [1.807, 2.05) is 0 Å². The Hall–Kier alpha value is -2.35. The summed E-state index contributed by atoms with van der Waals surface area (Å²) in [5.74, 6) is -2.01. The molecule has 0 aliphatic carbocycles. The lowest BCUT2D eigenvalue weighted by Gasteiger charge is -2.23. The summed E-state index contributed by atoms with van der Waals surface area (Å²) in [5.41, 5.74) is -0.867. The summed E-state index contributed by atoms with van der Waals surface area (Å²) < 4.78 is 28.3. The number of aliphatic hydroxyl groups is 1. The monoisotopic (exact) mass is 336 g/mol. The van der Waals surface area contributed by atoms with Gasteiger partial charge in [-0.15, -0.1) is 5.10 Å². The molecule has 1 fully saturated rings. The predicted octanol–water partition coefficient (Wildman–Crippen LogP) is 1.15. The molecule has 2 heterocycles. The average molecular weight is 336 g/mol. The van der Waals surface area contributed by atoms with Gasteiger partial charge in [-0.05, 0) is 24.5 Å². The van der Waals surface area contributed by atoms with Gasteiger partial charge in [0.05, 0.1) is 19.3 Å². The number of carbonyl (C=O) groups is 1. The van der Waals surface area contributed by atoms with Crippen LogP contribution >= 0.6 is 0 Å². The van der Waals surface area contributed by atoms with Crippen molar-refractivity contribution in [3.05, 3.63) is 47.8 Å². The van der Waals surface area contributed by atoms with Gasteiger partial charge < -0.3 is 10.0 Å². The van der Waals surface area contributed by atoms with Crippen LogP contribution in [0.4, 0.5) is 8.78 Å². The number of β-amino-alcohol motifs (C(OH)–C–C–N with tert-alkyl or cyclic N) is 1. The summed E-state index contributed by atoms with van der Waals surface area (Å²) in [6.07, 6.45) is 3.80. The highest BCUT2D eigenvalue weighted by Crippen LogP contribution is 2.24. The van der Waals surface area contributed by atoms with Gasteiger partial charge in [-0.1, -0.05) is 17.3 Å². The minimum Gasteiger partial charge on any atom is -0.386 e. The summed E-state index contributed by atoms with van der Waals surface area (Å²) in [5, 5.41) is 18.1. The number of amides is 1. The maximum Gasteiger partial charge on any atom is 0.223 e. The molecule has 1 aromatic carbocycles. The number of benzene rings is 1. The first kappa shape index (κ1) is 16.5. The van der Waals surface area contributed by atoms with Gasteiger partial charge in [0.15, 0.2) is 11.6 Å². The Morgan fingerprint density at radius 2 is 2.21 bits per heavy atom. The molecule has 6 nitrogen and oxygen atoms in total. The lowest BCUT2D eigenvalue weighted by molar-refractivity contribution is -0.131. The molecular formula is C16H18F2N4O2. The topological polar surface area (TPSA) is 71.2 Å². The van der Waals surface area contributed by atoms with Crippen LogP contribution in [0.2, 0.25) is 0 Å². The van der Waals surface area contributed by atoms with E-state index in [1.54, 1.807) is 11.1 Å². The molecule has 0 radical (unpaired) electrons. The van der Waals surface area contributed by atoms with E-state index in [4.69, 9.17) is 0 Å². The van der Waals surface area contributed by atoms with Crippen molar-refractivity contribution in [2.45, 2.75) is 31.4 Å². The predicted molar refractivity (Wildman–Crippen MR) is 80.8 cm³/mol. The highest BCUT2D eigenvalue weighted by molar-refractivity contribution is 5.77. The van der Waals surface area contributed by atoms with Gasteiger partial charge in [-0.2, -0.15) is 0 Å². The smallest absolute Gasteiger partial charge is 0.223 e. The molecule has 128 valence electrons. The standard InChI is InChI=1S/C16H18F2N4O2/c17-13-3-1-2-12(15(13)18)4-5-14(23)21-8-6-16(24,10-21)11-22-9-7-19-20-22/h1-3,7,9,24H,4-6,8,10-11H2. The minimum atomic E-state index is -1.05. The van der Waals surface area contributed by atoms with Crippen LogP contribution in [-0.4, -0.2) is 49.6 Å². The Labute approximate surface area is 137 Å². The van der Waals surface area contributed by atoms with Gasteiger partial charge in [0.25, 0.3) is 0 Å². The summed E-state index contributed by atoms with van der Waals surface area (Å²) in [6.45, 7) is 0.877. The fourth-order valence-electron chi connectivity index (χ4n) is 2.96. The minimum absolute atomic E-state index is 0.0692. The number of aromatic nitrogens is 3. The molecule has 2 aromatic rings. The molecule has 3 rings (SSSR count). The van der Waals surface area contributed by atoms with Crippen LogP contribution in [0, 0.1) is 11.6 Å². The Balaban J connectivity index is 1.55. The number of rotatable bonds is 5. The van der Waals surface area contributed by atoms with Gasteiger partial charge in [0.1, 0.15) is 5.60 Å². The van der Waals surface area contributed by atoms with E-state index in [0.717, 1.165) is 6.07 Å². The maximum absolute atomic E-state index is 13.6. The molecule has 24 heavy (non-hydrogen) atoms. The zero-order chi connectivity index (χ0) is 17.2. The van der Waals surface area contributed by atoms with Crippen LogP contribution in [0.3, 0.4) is 0 Å². The molecule has 0 bridgehead atoms. The highest BCUT2D eigenvalue weighted by Gasteiger charge is 2.38. The highest BCUT2D eigenvalue weighted by atomic mass is 19.2. The fraction of sp³-hybridized carbons (Fsp3) is 0.438. The second-order valence-corrected chi connectivity index (χ2v) is 6.10.